The zero-order valence-electron chi connectivity index (χ0n) is 12.5. The van der Waals surface area contributed by atoms with Gasteiger partial charge in [-0.1, -0.05) is 13.3 Å². The predicted molar refractivity (Wildman–Crippen MR) is 79.6 cm³/mol. The third-order valence-electron chi connectivity index (χ3n) is 3.00. The Morgan fingerprint density at radius 2 is 1.90 bits per heavy atom. The molecule has 112 valence electrons. The molecule has 0 heterocycles. The van der Waals surface area contributed by atoms with Gasteiger partial charge in [0.05, 0.1) is 7.11 Å². The second-order valence-electron chi connectivity index (χ2n) is 4.51. The van der Waals surface area contributed by atoms with Crippen LogP contribution in [0.2, 0.25) is 0 Å². The van der Waals surface area contributed by atoms with Gasteiger partial charge in [0.25, 0.3) is 0 Å². The molecule has 6 heteroatoms. The Kier molecular flexibility index (Phi) is 6.30. The van der Waals surface area contributed by atoms with Crippen molar-refractivity contribution in [1.29, 1.82) is 0 Å². The molecular formula is C15H19N3O3. The third kappa shape index (κ3) is 4.26. The van der Waals surface area contributed by atoms with Crippen molar-refractivity contribution in [1.82, 2.24) is 0 Å². The van der Waals surface area contributed by atoms with Gasteiger partial charge in [0.1, 0.15) is 5.75 Å². The number of hydrogen-bond donors (Lipinski definition) is 0. The number of unbranched alkanes of at least 4 members (excludes halogenated alkanes) is 1. The van der Waals surface area contributed by atoms with Gasteiger partial charge in [-0.25, -0.2) is 0 Å². The molecule has 1 aromatic rings. The van der Waals surface area contributed by atoms with Crippen LogP contribution in [0.5, 0.6) is 5.75 Å². The van der Waals surface area contributed by atoms with Crippen molar-refractivity contribution in [2.45, 2.75) is 26.7 Å². The summed E-state index contributed by atoms with van der Waals surface area (Å²) in [5.41, 5.74) is 9.02. The average molecular weight is 289 g/mol. The second kappa shape index (κ2) is 7.97. The average Bonchev–Trinajstić information content (AvgIpc) is 2.48. The van der Waals surface area contributed by atoms with Gasteiger partial charge in [0.2, 0.25) is 5.78 Å². The van der Waals surface area contributed by atoms with Crippen LogP contribution in [0.4, 0.5) is 5.69 Å². The minimum absolute atomic E-state index is 0.438. The molecule has 0 saturated heterocycles. The number of rotatable bonds is 7. The number of ether oxygens (including phenoxy) is 1. The summed E-state index contributed by atoms with van der Waals surface area (Å²) in [4.78, 5) is 28.0. The Labute approximate surface area is 123 Å². The third-order valence-corrected chi connectivity index (χ3v) is 3.00. The Morgan fingerprint density at radius 3 is 2.33 bits per heavy atom. The summed E-state index contributed by atoms with van der Waals surface area (Å²) in [6.07, 6.45) is 1.67. The normalized spacial score (nSPS) is 9.67. The topological polar surface area (TPSA) is 83.0 Å². The fraction of sp³-hybridized carbons (Fsp3) is 0.400. The smallest absolute Gasteiger partial charge is 0.421 e. The summed E-state index contributed by atoms with van der Waals surface area (Å²) in [5.74, 6) is -0.509. The number of carbonyl (C=O) groups excluding carboxylic acids is 2. The number of benzene rings is 1. The van der Waals surface area contributed by atoms with Crippen LogP contribution in [-0.2, 0) is 9.59 Å². The van der Waals surface area contributed by atoms with E-state index >= 15 is 0 Å². The Morgan fingerprint density at radius 1 is 1.29 bits per heavy atom. The molecule has 0 bridgehead atoms. The zero-order valence-corrected chi connectivity index (χ0v) is 12.5. The second-order valence-corrected chi connectivity index (χ2v) is 4.51. The van der Waals surface area contributed by atoms with E-state index in [0.29, 0.717) is 18.0 Å². The van der Waals surface area contributed by atoms with Crippen LogP contribution < -0.4 is 9.64 Å². The number of amides is 1. The number of hydrogen-bond acceptors (Lipinski definition) is 3. The van der Waals surface area contributed by atoms with Crippen molar-refractivity contribution in [2.75, 3.05) is 18.6 Å². The molecule has 0 aliphatic carbocycles. The molecule has 0 radical (unpaired) electrons. The molecule has 0 N–H and O–H groups in total. The first-order chi connectivity index (χ1) is 10.0. The van der Waals surface area contributed by atoms with Gasteiger partial charge in [-0.15, -0.1) is 0 Å². The SMILES string of the molecule is CCCCN(C(=O)C(=[N+]=[N-])C(C)=O)c1ccc(OC)cc1. The largest absolute Gasteiger partial charge is 0.497 e. The van der Waals surface area contributed by atoms with Crippen LogP contribution in [0.25, 0.3) is 5.53 Å². The van der Waals surface area contributed by atoms with Gasteiger partial charge < -0.3 is 15.2 Å². The lowest BCUT2D eigenvalue weighted by Gasteiger charge is -2.20. The molecule has 6 nitrogen and oxygen atoms in total. The van der Waals surface area contributed by atoms with Crippen LogP contribution in [0.1, 0.15) is 26.7 Å². The minimum Gasteiger partial charge on any atom is -0.497 e. The standard InChI is InChI=1S/C15H19N3O3/c1-4-5-10-18(15(20)14(17-16)11(2)19)12-6-8-13(21-3)9-7-12/h6-9H,4-5,10H2,1-3H3. The van der Waals surface area contributed by atoms with Crippen LogP contribution >= 0.6 is 0 Å². The molecule has 0 aliphatic rings. The fourth-order valence-corrected chi connectivity index (χ4v) is 1.82. The van der Waals surface area contributed by atoms with Crippen LogP contribution in [-0.4, -0.2) is 35.8 Å². The van der Waals surface area contributed by atoms with E-state index in [1.807, 2.05) is 6.92 Å². The number of nitrogens with zero attached hydrogens (tertiary/aromatic N) is 3. The highest BCUT2D eigenvalue weighted by Gasteiger charge is 2.31. The van der Waals surface area contributed by atoms with E-state index in [1.165, 1.54) is 11.8 Å². The Bertz CT molecular complexity index is 560. The number of anilines is 1. The van der Waals surface area contributed by atoms with E-state index in [1.54, 1.807) is 31.4 Å². The van der Waals surface area contributed by atoms with Crippen LogP contribution in [0.3, 0.4) is 0 Å². The molecule has 1 amide bonds. The molecule has 1 aromatic carbocycles. The number of methoxy groups -OCH3 is 1. The predicted octanol–water partition coefficient (Wildman–Crippen LogP) is 2.09. The Hall–Kier alpha value is -2.46. The molecule has 1 rings (SSSR count). The van der Waals surface area contributed by atoms with Crippen molar-refractivity contribution < 1.29 is 19.1 Å². The summed E-state index contributed by atoms with van der Waals surface area (Å²) in [6.45, 7) is 3.63. The highest BCUT2D eigenvalue weighted by atomic mass is 16.5. The summed E-state index contributed by atoms with van der Waals surface area (Å²) in [7, 11) is 1.56. The quantitative estimate of drug-likeness (QED) is 0.333. The maximum atomic E-state index is 12.4. The van der Waals surface area contributed by atoms with E-state index in [2.05, 4.69) is 4.79 Å². The van der Waals surface area contributed by atoms with E-state index in [-0.39, 0.29) is 0 Å². The van der Waals surface area contributed by atoms with Crippen molar-refractivity contribution in [3.8, 4) is 5.75 Å². The zero-order chi connectivity index (χ0) is 15.8. The van der Waals surface area contributed by atoms with Crippen molar-refractivity contribution in [2.24, 2.45) is 0 Å². The van der Waals surface area contributed by atoms with E-state index in [0.717, 1.165) is 12.8 Å². The summed E-state index contributed by atoms with van der Waals surface area (Å²) in [6, 6.07) is 6.90. The summed E-state index contributed by atoms with van der Waals surface area (Å²) >= 11 is 0. The maximum absolute atomic E-state index is 12.4. The number of carbonyl (C=O) groups is 2. The van der Waals surface area contributed by atoms with Crippen molar-refractivity contribution >= 4 is 23.1 Å². The molecule has 0 fully saturated rings. The molecule has 0 saturated carbocycles. The lowest BCUT2D eigenvalue weighted by molar-refractivity contribution is -0.123. The summed E-state index contributed by atoms with van der Waals surface area (Å²) < 4.78 is 5.08. The molecule has 0 spiro atoms. The number of Topliss-reactive ketones (excluding diaryl/α,β-unsaturated/α-hetero) is 1. The van der Waals surface area contributed by atoms with Crippen LogP contribution in [0.15, 0.2) is 24.3 Å². The first-order valence-electron chi connectivity index (χ1n) is 6.74. The monoisotopic (exact) mass is 289 g/mol. The van der Waals surface area contributed by atoms with Gasteiger partial charge >= 0.3 is 11.6 Å². The molecule has 21 heavy (non-hydrogen) atoms. The fourth-order valence-electron chi connectivity index (χ4n) is 1.82. The van der Waals surface area contributed by atoms with Gasteiger partial charge in [0, 0.05) is 19.2 Å². The van der Waals surface area contributed by atoms with Gasteiger partial charge in [-0.3, -0.25) is 9.59 Å². The van der Waals surface area contributed by atoms with E-state index in [9.17, 15) is 9.59 Å². The lowest BCUT2D eigenvalue weighted by Crippen LogP contribution is -2.40. The van der Waals surface area contributed by atoms with Crippen LogP contribution in [0, 0.1) is 0 Å². The Balaban J connectivity index is 3.12. The lowest BCUT2D eigenvalue weighted by atomic mass is 10.2. The highest BCUT2D eigenvalue weighted by molar-refractivity contribution is 6.65. The van der Waals surface area contributed by atoms with Gasteiger partial charge in [-0.2, -0.15) is 4.79 Å². The maximum Gasteiger partial charge on any atom is 0.421 e. The highest BCUT2D eigenvalue weighted by Crippen LogP contribution is 2.20. The van der Waals surface area contributed by atoms with Crippen molar-refractivity contribution in [3.05, 3.63) is 29.8 Å². The first-order valence-corrected chi connectivity index (χ1v) is 6.74. The van der Waals surface area contributed by atoms with Gasteiger partial charge in [-0.05, 0) is 30.7 Å². The minimum atomic E-state index is -0.608. The molecule has 0 atom stereocenters. The molecule has 0 unspecified atom stereocenters. The molecule has 0 aliphatic heterocycles. The van der Waals surface area contributed by atoms with E-state index in [4.69, 9.17) is 10.3 Å². The van der Waals surface area contributed by atoms with Crippen molar-refractivity contribution in [3.63, 3.8) is 0 Å². The number of ketones is 1. The molecule has 0 aromatic heterocycles. The summed E-state index contributed by atoms with van der Waals surface area (Å²) in [5, 5.41) is 0. The molecular weight excluding hydrogens is 270 g/mol. The van der Waals surface area contributed by atoms with Gasteiger partial charge in [0.15, 0.2) is 0 Å². The van der Waals surface area contributed by atoms with E-state index < -0.39 is 17.4 Å². The first kappa shape index (κ1) is 16.6.